The summed E-state index contributed by atoms with van der Waals surface area (Å²) >= 11 is 0. The van der Waals surface area contributed by atoms with E-state index in [9.17, 15) is 4.39 Å². The fourth-order valence-corrected chi connectivity index (χ4v) is 1.92. The molecular formula is C15H25FN2. The van der Waals surface area contributed by atoms with Crippen molar-refractivity contribution in [3.8, 4) is 0 Å². The predicted octanol–water partition coefficient (Wildman–Crippen LogP) is 2.82. The second kappa shape index (κ2) is 5.81. The summed E-state index contributed by atoms with van der Waals surface area (Å²) in [5.41, 5.74) is 6.30. The molecule has 0 aliphatic heterocycles. The van der Waals surface area contributed by atoms with Crippen molar-refractivity contribution in [3.05, 3.63) is 35.6 Å². The maximum Gasteiger partial charge on any atom is 0.126 e. The molecule has 0 heterocycles. The molecule has 0 aliphatic carbocycles. The Morgan fingerprint density at radius 1 is 1.17 bits per heavy atom. The van der Waals surface area contributed by atoms with Crippen LogP contribution in [0.5, 0.6) is 0 Å². The lowest BCUT2D eigenvalue weighted by Gasteiger charge is -2.27. The number of hydrogen-bond donors (Lipinski definition) is 2. The third-order valence-corrected chi connectivity index (χ3v) is 3.12. The van der Waals surface area contributed by atoms with E-state index in [2.05, 4.69) is 5.32 Å². The first-order valence-corrected chi connectivity index (χ1v) is 6.47. The smallest absolute Gasteiger partial charge is 0.126 e. The highest BCUT2D eigenvalue weighted by Gasteiger charge is 2.23. The van der Waals surface area contributed by atoms with E-state index in [1.54, 1.807) is 6.07 Å². The standard InChI is InChI=1S/C15H25FN2/c1-14(2,11-18-10-9-15(3,4)17)12-7-5-6-8-13(12)16/h5-8,18H,9-11,17H2,1-4H3. The van der Waals surface area contributed by atoms with E-state index < -0.39 is 0 Å². The summed E-state index contributed by atoms with van der Waals surface area (Å²) in [4.78, 5) is 0. The quantitative estimate of drug-likeness (QED) is 0.764. The molecule has 0 bridgehead atoms. The van der Waals surface area contributed by atoms with Crippen LogP contribution < -0.4 is 11.1 Å². The van der Waals surface area contributed by atoms with E-state index in [1.807, 2.05) is 39.8 Å². The van der Waals surface area contributed by atoms with Gasteiger partial charge >= 0.3 is 0 Å². The third-order valence-electron chi connectivity index (χ3n) is 3.12. The van der Waals surface area contributed by atoms with Crippen LogP contribution in [0.25, 0.3) is 0 Å². The van der Waals surface area contributed by atoms with Crippen molar-refractivity contribution in [1.82, 2.24) is 5.32 Å². The second-order valence-corrected chi connectivity index (χ2v) is 6.28. The summed E-state index contributed by atoms with van der Waals surface area (Å²) < 4.78 is 13.7. The molecule has 1 aromatic rings. The van der Waals surface area contributed by atoms with E-state index in [1.165, 1.54) is 6.07 Å². The van der Waals surface area contributed by atoms with Gasteiger partial charge in [-0.2, -0.15) is 0 Å². The van der Waals surface area contributed by atoms with Crippen LogP contribution in [0.3, 0.4) is 0 Å². The van der Waals surface area contributed by atoms with Crippen LogP contribution in [0.1, 0.15) is 39.7 Å². The topological polar surface area (TPSA) is 38.0 Å². The Labute approximate surface area is 110 Å². The normalized spacial score (nSPS) is 12.8. The number of nitrogens with one attached hydrogen (secondary N) is 1. The highest BCUT2D eigenvalue weighted by Crippen LogP contribution is 2.24. The molecule has 0 aromatic heterocycles. The molecule has 0 fully saturated rings. The van der Waals surface area contributed by atoms with Crippen LogP contribution >= 0.6 is 0 Å². The minimum Gasteiger partial charge on any atom is -0.326 e. The summed E-state index contributed by atoms with van der Waals surface area (Å²) in [6, 6.07) is 6.96. The molecule has 102 valence electrons. The van der Waals surface area contributed by atoms with Crippen LogP contribution in [-0.2, 0) is 5.41 Å². The Bertz CT molecular complexity index is 380. The van der Waals surface area contributed by atoms with Gasteiger partial charge in [0.15, 0.2) is 0 Å². The average Bonchev–Trinajstić information content (AvgIpc) is 2.24. The Kier molecular flexibility index (Phi) is 4.88. The molecular weight excluding hydrogens is 227 g/mol. The fraction of sp³-hybridized carbons (Fsp3) is 0.600. The van der Waals surface area contributed by atoms with Crippen LogP contribution in [0, 0.1) is 5.82 Å². The van der Waals surface area contributed by atoms with Crippen molar-refractivity contribution in [2.24, 2.45) is 5.73 Å². The first-order chi connectivity index (χ1) is 8.22. The van der Waals surface area contributed by atoms with Gasteiger partial charge in [-0.25, -0.2) is 4.39 Å². The van der Waals surface area contributed by atoms with Crippen molar-refractivity contribution in [2.45, 2.75) is 45.1 Å². The molecule has 3 N–H and O–H groups in total. The lowest BCUT2D eigenvalue weighted by atomic mass is 9.84. The van der Waals surface area contributed by atoms with E-state index in [4.69, 9.17) is 5.73 Å². The predicted molar refractivity (Wildman–Crippen MR) is 75.2 cm³/mol. The number of halogens is 1. The van der Waals surface area contributed by atoms with Gasteiger partial charge < -0.3 is 11.1 Å². The first-order valence-electron chi connectivity index (χ1n) is 6.47. The maximum absolute atomic E-state index is 13.7. The SMILES string of the molecule is CC(C)(N)CCNCC(C)(C)c1ccccc1F. The van der Waals surface area contributed by atoms with Crippen LogP contribution in [-0.4, -0.2) is 18.6 Å². The van der Waals surface area contributed by atoms with Crippen LogP contribution in [0.4, 0.5) is 4.39 Å². The van der Waals surface area contributed by atoms with E-state index in [-0.39, 0.29) is 16.8 Å². The lowest BCUT2D eigenvalue weighted by Crippen LogP contribution is -2.39. The van der Waals surface area contributed by atoms with Crippen molar-refractivity contribution >= 4 is 0 Å². The van der Waals surface area contributed by atoms with E-state index in [0.29, 0.717) is 0 Å². The summed E-state index contributed by atoms with van der Waals surface area (Å²) in [5, 5.41) is 3.36. The van der Waals surface area contributed by atoms with Gasteiger partial charge in [0.25, 0.3) is 0 Å². The number of hydrogen-bond acceptors (Lipinski definition) is 2. The van der Waals surface area contributed by atoms with Gasteiger partial charge in [-0.1, -0.05) is 32.0 Å². The maximum atomic E-state index is 13.7. The zero-order chi connectivity index (χ0) is 13.8. The fourth-order valence-electron chi connectivity index (χ4n) is 1.92. The largest absolute Gasteiger partial charge is 0.326 e. The monoisotopic (exact) mass is 252 g/mol. The molecule has 18 heavy (non-hydrogen) atoms. The average molecular weight is 252 g/mol. The van der Waals surface area contributed by atoms with Crippen molar-refractivity contribution in [2.75, 3.05) is 13.1 Å². The second-order valence-electron chi connectivity index (χ2n) is 6.28. The third kappa shape index (κ3) is 4.75. The highest BCUT2D eigenvalue weighted by atomic mass is 19.1. The van der Waals surface area contributed by atoms with Gasteiger partial charge in [0, 0.05) is 17.5 Å². The Morgan fingerprint density at radius 2 is 1.78 bits per heavy atom. The summed E-state index contributed by atoms with van der Waals surface area (Å²) in [6.45, 7) is 9.71. The van der Waals surface area contributed by atoms with E-state index >= 15 is 0 Å². The number of benzene rings is 1. The first kappa shape index (κ1) is 15.1. The zero-order valence-corrected chi connectivity index (χ0v) is 11.9. The number of nitrogens with two attached hydrogens (primary N) is 1. The van der Waals surface area contributed by atoms with Gasteiger partial charge in [-0.3, -0.25) is 0 Å². The summed E-state index contributed by atoms with van der Waals surface area (Å²) in [5.74, 6) is -0.136. The zero-order valence-electron chi connectivity index (χ0n) is 11.9. The molecule has 0 spiro atoms. The van der Waals surface area contributed by atoms with Crippen molar-refractivity contribution in [1.29, 1.82) is 0 Å². The minimum atomic E-state index is -0.218. The molecule has 0 saturated carbocycles. The molecule has 2 nitrogen and oxygen atoms in total. The summed E-state index contributed by atoms with van der Waals surface area (Å²) in [7, 11) is 0. The molecule has 1 rings (SSSR count). The van der Waals surface area contributed by atoms with Crippen LogP contribution in [0.15, 0.2) is 24.3 Å². The molecule has 0 saturated heterocycles. The van der Waals surface area contributed by atoms with Crippen molar-refractivity contribution < 1.29 is 4.39 Å². The van der Waals surface area contributed by atoms with Gasteiger partial charge in [0.05, 0.1) is 0 Å². The molecule has 0 amide bonds. The van der Waals surface area contributed by atoms with Gasteiger partial charge in [0.1, 0.15) is 5.82 Å². The Morgan fingerprint density at radius 3 is 2.33 bits per heavy atom. The molecule has 0 unspecified atom stereocenters. The Balaban J connectivity index is 2.53. The molecule has 3 heteroatoms. The van der Waals surface area contributed by atoms with E-state index in [0.717, 1.165) is 25.1 Å². The molecule has 1 aromatic carbocycles. The van der Waals surface area contributed by atoms with Gasteiger partial charge in [-0.05, 0) is 38.4 Å². The minimum absolute atomic E-state index is 0.136. The summed E-state index contributed by atoms with van der Waals surface area (Å²) in [6.07, 6.45) is 0.903. The molecule has 0 atom stereocenters. The molecule has 0 aliphatic rings. The number of rotatable bonds is 6. The Hall–Kier alpha value is -0.930. The van der Waals surface area contributed by atoms with Crippen LogP contribution in [0.2, 0.25) is 0 Å². The molecule has 0 radical (unpaired) electrons. The highest BCUT2D eigenvalue weighted by molar-refractivity contribution is 5.25. The lowest BCUT2D eigenvalue weighted by molar-refractivity contribution is 0.409. The van der Waals surface area contributed by atoms with Crippen molar-refractivity contribution in [3.63, 3.8) is 0 Å². The van der Waals surface area contributed by atoms with Gasteiger partial charge in [-0.15, -0.1) is 0 Å². The van der Waals surface area contributed by atoms with Gasteiger partial charge in [0.2, 0.25) is 0 Å².